The third-order valence-corrected chi connectivity index (χ3v) is 3.99. The van der Waals surface area contributed by atoms with Crippen LogP contribution in [0.4, 0.5) is 0 Å². The van der Waals surface area contributed by atoms with Crippen LogP contribution in [-0.2, 0) is 4.74 Å². The number of ether oxygens (including phenoxy) is 1. The van der Waals surface area contributed by atoms with E-state index >= 15 is 0 Å². The van der Waals surface area contributed by atoms with Gasteiger partial charge in [0.05, 0.1) is 0 Å². The van der Waals surface area contributed by atoms with Gasteiger partial charge in [-0.05, 0) is 38.0 Å². The van der Waals surface area contributed by atoms with Crippen molar-refractivity contribution in [1.29, 1.82) is 0 Å². The molecule has 0 rings (SSSR count). The standard InChI is InChI=1S/C18H35NO/c1-6-12-20-13-10-9-11-17(8-3)14-16(5)18(19)15(4)7-2/h8,14-15,17-18H,3,6-7,9-13,19H2,1-2,4-5H3/b16-14-. The van der Waals surface area contributed by atoms with E-state index in [1.807, 2.05) is 6.08 Å². The van der Waals surface area contributed by atoms with Crippen LogP contribution in [0.5, 0.6) is 0 Å². The number of rotatable bonds is 12. The molecule has 0 heterocycles. The molecule has 0 fully saturated rings. The first-order chi connectivity index (χ1) is 9.56. The summed E-state index contributed by atoms with van der Waals surface area (Å²) in [7, 11) is 0. The van der Waals surface area contributed by atoms with Gasteiger partial charge in [-0.15, -0.1) is 6.58 Å². The van der Waals surface area contributed by atoms with Crippen LogP contribution in [0.2, 0.25) is 0 Å². The molecule has 2 N–H and O–H groups in total. The zero-order valence-electron chi connectivity index (χ0n) is 14.0. The molecule has 0 saturated carbocycles. The molecular formula is C18H35NO. The lowest BCUT2D eigenvalue weighted by molar-refractivity contribution is 0.130. The zero-order valence-corrected chi connectivity index (χ0v) is 14.0. The van der Waals surface area contributed by atoms with Crippen molar-refractivity contribution >= 4 is 0 Å². The quantitative estimate of drug-likeness (QED) is 0.415. The Morgan fingerprint density at radius 2 is 1.95 bits per heavy atom. The third kappa shape index (κ3) is 8.55. The van der Waals surface area contributed by atoms with Crippen molar-refractivity contribution in [2.75, 3.05) is 13.2 Å². The maximum atomic E-state index is 6.26. The number of unbranched alkanes of at least 4 members (excludes halogenated alkanes) is 1. The van der Waals surface area contributed by atoms with Gasteiger partial charge in [0.25, 0.3) is 0 Å². The number of nitrogens with two attached hydrogens (primary N) is 1. The summed E-state index contributed by atoms with van der Waals surface area (Å²) in [6, 6.07) is 0.176. The minimum absolute atomic E-state index is 0.176. The zero-order chi connectivity index (χ0) is 15.4. The van der Waals surface area contributed by atoms with Gasteiger partial charge in [-0.2, -0.15) is 0 Å². The van der Waals surface area contributed by atoms with E-state index in [4.69, 9.17) is 10.5 Å². The van der Waals surface area contributed by atoms with Crippen molar-refractivity contribution in [3.63, 3.8) is 0 Å². The van der Waals surface area contributed by atoms with E-state index in [1.54, 1.807) is 0 Å². The summed E-state index contributed by atoms with van der Waals surface area (Å²) in [5.41, 5.74) is 7.56. The Morgan fingerprint density at radius 1 is 1.25 bits per heavy atom. The average molecular weight is 281 g/mol. The largest absolute Gasteiger partial charge is 0.381 e. The van der Waals surface area contributed by atoms with Crippen LogP contribution in [0.15, 0.2) is 24.3 Å². The first kappa shape index (κ1) is 19.4. The van der Waals surface area contributed by atoms with Gasteiger partial charge >= 0.3 is 0 Å². The molecule has 0 amide bonds. The summed E-state index contributed by atoms with van der Waals surface area (Å²) in [5, 5.41) is 0. The fourth-order valence-electron chi connectivity index (χ4n) is 2.25. The van der Waals surface area contributed by atoms with Crippen molar-refractivity contribution in [3.05, 3.63) is 24.3 Å². The molecule has 0 bridgehead atoms. The van der Waals surface area contributed by atoms with Gasteiger partial charge in [0.2, 0.25) is 0 Å². The monoisotopic (exact) mass is 281 g/mol. The van der Waals surface area contributed by atoms with E-state index < -0.39 is 0 Å². The highest BCUT2D eigenvalue weighted by atomic mass is 16.5. The van der Waals surface area contributed by atoms with Gasteiger partial charge < -0.3 is 10.5 Å². The van der Waals surface area contributed by atoms with E-state index in [2.05, 4.69) is 40.3 Å². The lowest BCUT2D eigenvalue weighted by atomic mass is 9.90. The summed E-state index contributed by atoms with van der Waals surface area (Å²) in [6.45, 7) is 14.4. The maximum absolute atomic E-state index is 6.26. The summed E-state index contributed by atoms with van der Waals surface area (Å²) in [4.78, 5) is 0. The SMILES string of the molecule is C=CC(/C=C(/C)C(N)C(C)CC)CCCCOCCC. The lowest BCUT2D eigenvalue weighted by Gasteiger charge is -2.20. The van der Waals surface area contributed by atoms with E-state index in [0.717, 1.165) is 38.9 Å². The highest BCUT2D eigenvalue weighted by Gasteiger charge is 2.13. The first-order valence-electron chi connectivity index (χ1n) is 8.20. The molecule has 0 aromatic carbocycles. The smallest absolute Gasteiger partial charge is 0.0466 e. The predicted octanol–water partition coefficient (Wildman–Crippen LogP) is 4.71. The molecule has 3 atom stereocenters. The molecule has 0 aromatic heterocycles. The highest BCUT2D eigenvalue weighted by Crippen LogP contribution is 2.18. The molecule has 2 heteroatoms. The second-order valence-corrected chi connectivity index (χ2v) is 5.83. The highest BCUT2D eigenvalue weighted by molar-refractivity contribution is 5.12. The van der Waals surface area contributed by atoms with Gasteiger partial charge in [-0.3, -0.25) is 0 Å². The lowest BCUT2D eigenvalue weighted by Crippen LogP contribution is -2.29. The summed E-state index contributed by atoms with van der Waals surface area (Å²) >= 11 is 0. The number of allylic oxidation sites excluding steroid dienone is 2. The Labute approximate surface area is 126 Å². The molecule has 0 aromatic rings. The fourth-order valence-corrected chi connectivity index (χ4v) is 2.25. The molecular weight excluding hydrogens is 246 g/mol. The fraction of sp³-hybridized carbons (Fsp3) is 0.778. The van der Waals surface area contributed by atoms with Crippen molar-refractivity contribution in [3.8, 4) is 0 Å². The van der Waals surface area contributed by atoms with Gasteiger partial charge in [0, 0.05) is 19.3 Å². The normalized spacial score (nSPS) is 16.8. The molecule has 0 spiro atoms. The Bertz CT molecular complexity index is 273. The summed E-state index contributed by atoms with van der Waals surface area (Å²) < 4.78 is 5.50. The number of hydrogen-bond donors (Lipinski definition) is 1. The van der Waals surface area contributed by atoms with Crippen LogP contribution in [0, 0.1) is 11.8 Å². The van der Waals surface area contributed by atoms with E-state index in [0.29, 0.717) is 11.8 Å². The van der Waals surface area contributed by atoms with Gasteiger partial charge in [0.1, 0.15) is 0 Å². The van der Waals surface area contributed by atoms with Crippen molar-refractivity contribution in [2.24, 2.45) is 17.6 Å². The molecule has 2 nitrogen and oxygen atoms in total. The molecule has 0 radical (unpaired) electrons. The Kier molecular flexibility index (Phi) is 11.8. The Hall–Kier alpha value is -0.600. The second kappa shape index (κ2) is 12.2. The van der Waals surface area contributed by atoms with Gasteiger partial charge in [-0.1, -0.05) is 51.3 Å². The predicted molar refractivity (Wildman–Crippen MR) is 89.8 cm³/mol. The molecule has 3 unspecified atom stereocenters. The van der Waals surface area contributed by atoms with Gasteiger partial charge in [0.15, 0.2) is 0 Å². The topological polar surface area (TPSA) is 35.2 Å². The molecule has 0 aliphatic rings. The van der Waals surface area contributed by atoms with Crippen molar-refractivity contribution in [1.82, 2.24) is 0 Å². The van der Waals surface area contributed by atoms with Crippen LogP contribution in [-0.4, -0.2) is 19.3 Å². The summed E-state index contributed by atoms with van der Waals surface area (Å²) in [6.07, 6.45) is 10.0. The average Bonchev–Trinajstić information content (AvgIpc) is 2.47. The minimum Gasteiger partial charge on any atom is -0.381 e. The molecule has 0 aliphatic carbocycles. The van der Waals surface area contributed by atoms with E-state index in [9.17, 15) is 0 Å². The maximum Gasteiger partial charge on any atom is 0.0466 e. The van der Waals surface area contributed by atoms with Crippen molar-refractivity contribution < 1.29 is 4.74 Å². The number of hydrogen-bond acceptors (Lipinski definition) is 2. The third-order valence-electron chi connectivity index (χ3n) is 3.99. The van der Waals surface area contributed by atoms with Crippen molar-refractivity contribution in [2.45, 2.75) is 65.8 Å². The van der Waals surface area contributed by atoms with Crippen LogP contribution >= 0.6 is 0 Å². The summed E-state index contributed by atoms with van der Waals surface area (Å²) in [5.74, 6) is 0.982. The van der Waals surface area contributed by atoms with Crippen LogP contribution < -0.4 is 5.73 Å². The first-order valence-corrected chi connectivity index (χ1v) is 8.20. The van der Waals surface area contributed by atoms with Crippen LogP contribution in [0.1, 0.15) is 59.8 Å². The minimum atomic E-state index is 0.176. The van der Waals surface area contributed by atoms with Gasteiger partial charge in [-0.25, -0.2) is 0 Å². The van der Waals surface area contributed by atoms with Crippen LogP contribution in [0.3, 0.4) is 0 Å². The van der Waals surface area contributed by atoms with Crippen LogP contribution in [0.25, 0.3) is 0 Å². The Morgan fingerprint density at radius 3 is 2.50 bits per heavy atom. The molecule has 0 aliphatic heterocycles. The Balaban J connectivity index is 4.09. The molecule has 0 saturated heterocycles. The van der Waals surface area contributed by atoms with E-state index in [1.165, 1.54) is 12.0 Å². The molecule has 20 heavy (non-hydrogen) atoms. The molecule has 118 valence electrons. The second-order valence-electron chi connectivity index (χ2n) is 5.83. The van der Waals surface area contributed by atoms with E-state index in [-0.39, 0.29) is 6.04 Å².